The van der Waals surface area contributed by atoms with Gasteiger partial charge in [-0.05, 0) is 43.4 Å². The third-order valence-electron chi connectivity index (χ3n) is 5.67. The highest BCUT2D eigenvalue weighted by Gasteiger charge is 2.34. The van der Waals surface area contributed by atoms with E-state index in [4.69, 9.17) is 17.3 Å². The van der Waals surface area contributed by atoms with Gasteiger partial charge in [-0.2, -0.15) is 0 Å². The SMILES string of the molecule is NC(=O)C1CCN(C(=O)C2CCN(S(=O)(=O)Cc3ccc(Cl)cc3)CC2)CC1. The Morgan fingerprint density at radius 3 is 2.04 bits per heavy atom. The van der Waals surface area contributed by atoms with Crippen molar-refractivity contribution in [1.82, 2.24) is 9.21 Å². The predicted octanol–water partition coefficient (Wildman–Crippen LogP) is 1.61. The maximum Gasteiger partial charge on any atom is 0.225 e. The second-order valence-electron chi connectivity index (χ2n) is 7.56. The van der Waals surface area contributed by atoms with E-state index in [2.05, 4.69) is 0 Å². The second-order valence-corrected chi connectivity index (χ2v) is 9.96. The fourth-order valence-electron chi connectivity index (χ4n) is 3.91. The monoisotopic (exact) mass is 427 g/mol. The summed E-state index contributed by atoms with van der Waals surface area (Å²) in [7, 11) is -3.43. The molecule has 154 valence electrons. The van der Waals surface area contributed by atoms with E-state index in [1.165, 1.54) is 4.31 Å². The molecule has 2 saturated heterocycles. The Morgan fingerprint density at radius 1 is 0.964 bits per heavy atom. The first-order chi connectivity index (χ1) is 13.3. The quantitative estimate of drug-likeness (QED) is 0.771. The minimum absolute atomic E-state index is 0.0661. The third kappa shape index (κ3) is 5.04. The van der Waals surface area contributed by atoms with Crippen LogP contribution in [0.15, 0.2) is 24.3 Å². The number of primary amides is 1. The van der Waals surface area contributed by atoms with Crippen LogP contribution in [0.1, 0.15) is 31.2 Å². The van der Waals surface area contributed by atoms with E-state index < -0.39 is 10.0 Å². The molecule has 9 heteroatoms. The average Bonchev–Trinajstić information content (AvgIpc) is 2.69. The van der Waals surface area contributed by atoms with Gasteiger partial charge < -0.3 is 10.6 Å². The molecular formula is C19H26ClN3O4S. The van der Waals surface area contributed by atoms with Crippen molar-refractivity contribution >= 4 is 33.4 Å². The van der Waals surface area contributed by atoms with Crippen molar-refractivity contribution in [2.45, 2.75) is 31.4 Å². The molecule has 2 heterocycles. The van der Waals surface area contributed by atoms with Crippen molar-refractivity contribution in [2.75, 3.05) is 26.2 Å². The molecule has 0 atom stereocenters. The molecule has 28 heavy (non-hydrogen) atoms. The molecule has 2 aliphatic heterocycles. The Balaban J connectivity index is 1.51. The Labute approximate surface area is 170 Å². The van der Waals surface area contributed by atoms with Crippen LogP contribution in [0.3, 0.4) is 0 Å². The van der Waals surface area contributed by atoms with Gasteiger partial charge in [0.15, 0.2) is 0 Å². The molecule has 0 aromatic heterocycles. The summed E-state index contributed by atoms with van der Waals surface area (Å²) in [4.78, 5) is 25.8. The first-order valence-corrected chi connectivity index (χ1v) is 11.6. The minimum atomic E-state index is -3.43. The van der Waals surface area contributed by atoms with E-state index in [1.807, 2.05) is 0 Å². The number of piperidine rings is 2. The van der Waals surface area contributed by atoms with Crippen molar-refractivity contribution in [3.05, 3.63) is 34.9 Å². The molecule has 0 spiro atoms. The number of amides is 2. The molecule has 3 rings (SSSR count). The third-order valence-corrected chi connectivity index (χ3v) is 7.77. The van der Waals surface area contributed by atoms with Crippen molar-refractivity contribution < 1.29 is 18.0 Å². The zero-order chi connectivity index (χ0) is 20.3. The van der Waals surface area contributed by atoms with Gasteiger partial charge in [-0.15, -0.1) is 0 Å². The average molecular weight is 428 g/mol. The highest BCUT2D eigenvalue weighted by Crippen LogP contribution is 2.26. The van der Waals surface area contributed by atoms with Crippen LogP contribution in [0.25, 0.3) is 0 Å². The van der Waals surface area contributed by atoms with E-state index in [9.17, 15) is 18.0 Å². The molecule has 2 fully saturated rings. The lowest BCUT2D eigenvalue weighted by molar-refractivity contribution is -0.139. The number of sulfonamides is 1. The highest BCUT2D eigenvalue weighted by atomic mass is 35.5. The fourth-order valence-corrected chi connectivity index (χ4v) is 5.60. The standard InChI is InChI=1S/C19H26ClN3O4S/c20-17-3-1-14(2-4-17)13-28(26,27)23-11-7-16(8-12-23)19(25)22-9-5-15(6-10-22)18(21)24/h1-4,15-16H,5-13H2,(H2,21,24). The number of carbonyl (C=O) groups is 2. The summed E-state index contributed by atoms with van der Waals surface area (Å²) >= 11 is 5.85. The van der Waals surface area contributed by atoms with Crippen LogP contribution in [0.2, 0.25) is 5.02 Å². The van der Waals surface area contributed by atoms with Gasteiger partial charge in [0.2, 0.25) is 21.8 Å². The van der Waals surface area contributed by atoms with Gasteiger partial charge in [0.05, 0.1) is 5.75 Å². The van der Waals surface area contributed by atoms with Crippen molar-refractivity contribution in [1.29, 1.82) is 0 Å². The topological polar surface area (TPSA) is 101 Å². The summed E-state index contributed by atoms with van der Waals surface area (Å²) in [6.07, 6.45) is 2.26. The highest BCUT2D eigenvalue weighted by molar-refractivity contribution is 7.88. The van der Waals surface area contributed by atoms with Crippen LogP contribution in [-0.2, 0) is 25.4 Å². The van der Waals surface area contributed by atoms with Gasteiger partial charge in [-0.3, -0.25) is 9.59 Å². The number of rotatable bonds is 5. The minimum Gasteiger partial charge on any atom is -0.369 e. The van der Waals surface area contributed by atoms with E-state index >= 15 is 0 Å². The molecule has 1 aromatic rings. The van der Waals surface area contributed by atoms with Gasteiger partial charge in [-0.1, -0.05) is 23.7 Å². The van der Waals surface area contributed by atoms with Crippen molar-refractivity contribution in [2.24, 2.45) is 17.6 Å². The number of carbonyl (C=O) groups excluding carboxylic acids is 2. The lowest BCUT2D eigenvalue weighted by Crippen LogP contribution is -2.47. The zero-order valence-corrected chi connectivity index (χ0v) is 17.3. The van der Waals surface area contributed by atoms with Crippen LogP contribution in [-0.4, -0.2) is 55.6 Å². The summed E-state index contributed by atoms with van der Waals surface area (Å²) in [6.45, 7) is 1.79. The molecule has 2 aliphatic rings. The summed E-state index contributed by atoms with van der Waals surface area (Å²) < 4.78 is 26.8. The molecule has 7 nitrogen and oxygen atoms in total. The van der Waals surface area contributed by atoms with Crippen LogP contribution in [0.5, 0.6) is 0 Å². The second kappa shape index (κ2) is 8.80. The van der Waals surface area contributed by atoms with E-state index in [-0.39, 0.29) is 29.4 Å². The van der Waals surface area contributed by atoms with Crippen LogP contribution in [0, 0.1) is 11.8 Å². The van der Waals surface area contributed by atoms with E-state index in [0.717, 1.165) is 0 Å². The maximum absolute atomic E-state index is 12.7. The molecule has 0 bridgehead atoms. The normalized spacial score (nSPS) is 20.2. The molecule has 1 aromatic carbocycles. The number of nitrogens with two attached hydrogens (primary N) is 1. The van der Waals surface area contributed by atoms with Crippen molar-refractivity contribution in [3.8, 4) is 0 Å². The number of hydrogen-bond acceptors (Lipinski definition) is 4. The maximum atomic E-state index is 12.7. The first-order valence-electron chi connectivity index (χ1n) is 9.56. The summed E-state index contributed by atoms with van der Waals surface area (Å²) in [6, 6.07) is 6.79. The van der Waals surface area contributed by atoms with Crippen LogP contribution < -0.4 is 5.73 Å². The Hall–Kier alpha value is -1.64. The molecular weight excluding hydrogens is 402 g/mol. The van der Waals surface area contributed by atoms with Gasteiger partial charge in [0.25, 0.3) is 0 Å². The number of hydrogen-bond donors (Lipinski definition) is 1. The summed E-state index contributed by atoms with van der Waals surface area (Å²) in [5.41, 5.74) is 6.03. The number of likely N-dealkylation sites (tertiary alicyclic amines) is 1. The largest absolute Gasteiger partial charge is 0.369 e. The van der Waals surface area contributed by atoms with Crippen LogP contribution >= 0.6 is 11.6 Å². The van der Waals surface area contributed by atoms with E-state index in [1.54, 1.807) is 29.2 Å². The molecule has 0 radical (unpaired) electrons. The summed E-state index contributed by atoms with van der Waals surface area (Å²) in [5.74, 6) is -0.608. The van der Waals surface area contributed by atoms with Gasteiger partial charge in [0, 0.05) is 43.0 Å². The predicted molar refractivity (Wildman–Crippen MR) is 107 cm³/mol. The molecule has 2 amide bonds. The smallest absolute Gasteiger partial charge is 0.225 e. The molecule has 0 saturated carbocycles. The lowest BCUT2D eigenvalue weighted by atomic mass is 9.92. The summed E-state index contributed by atoms with van der Waals surface area (Å²) in [5, 5.41) is 0.570. The molecule has 2 N–H and O–H groups in total. The van der Waals surface area contributed by atoms with Crippen LogP contribution in [0.4, 0.5) is 0 Å². The van der Waals surface area contributed by atoms with Gasteiger partial charge in [0.1, 0.15) is 0 Å². The lowest BCUT2D eigenvalue weighted by Gasteiger charge is -2.36. The molecule has 0 unspecified atom stereocenters. The first kappa shape index (κ1) is 21.1. The Bertz CT molecular complexity index is 812. The number of benzene rings is 1. The van der Waals surface area contributed by atoms with Gasteiger partial charge >= 0.3 is 0 Å². The number of halogens is 1. The zero-order valence-electron chi connectivity index (χ0n) is 15.7. The van der Waals surface area contributed by atoms with E-state index in [0.29, 0.717) is 62.4 Å². The number of nitrogens with zero attached hydrogens (tertiary/aromatic N) is 2. The fraction of sp³-hybridized carbons (Fsp3) is 0.579. The van der Waals surface area contributed by atoms with Gasteiger partial charge in [-0.25, -0.2) is 12.7 Å². The Kier molecular flexibility index (Phi) is 6.62. The Morgan fingerprint density at radius 2 is 1.50 bits per heavy atom. The van der Waals surface area contributed by atoms with Crippen molar-refractivity contribution in [3.63, 3.8) is 0 Å². The molecule has 0 aliphatic carbocycles.